The van der Waals surface area contributed by atoms with Gasteiger partial charge in [0.2, 0.25) is 4.90 Å². The highest BCUT2D eigenvalue weighted by molar-refractivity contribution is 7.99. The summed E-state index contributed by atoms with van der Waals surface area (Å²) in [5, 5.41) is 4.28. The second-order valence-corrected chi connectivity index (χ2v) is 8.59. The predicted molar refractivity (Wildman–Crippen MR) is 115 cm³/mol. The van der Waals surface area contributed by atoms with E-state index in [0.717, 1.165) is 28.1 Å². The molecule has 0 bridgehead atoms. The molecule has 4 rings (SSSR count). The number of hydrogen-bond donors (Lipinski definition) is 3. The topological polar surface area (TPSA) is 95.8 Å². The van der Waals surface area contributed by atoms with Crippen LogP contribution in [0.5, 0.6) is 0 Å². The first-order valence-corrected chi connectivity index (χ1v) is 10.6. The van der Waals surface area contributed by atoms with Crippen molar-refractivity contribution in [3.05, 3.63) is 72.4 Å². The number of nitrogens with zero attached hydrogens (tertiary/aromatic N) is 3. The highest BCUT2D eigenvalue weighted by Crippen LogP contribution is 2.29. The third-order valence-electron chi connectivity index (χ3n) is 4.93. The Bertz CT molecular complexity index is 1200. The van der Waals surface area contributed by atoms with Crippen molar-refractivity contribution >= 4 is 16.1 Å². The van der Waals surface area contributed by atoms with Gasteiger partial charge in [-0.15, -0.1) is 0 Å². The Morgan fingerprint density at radius 3 is 2.41 bits per heavy atom. The van der Waals surface area contributed by atoms with Gasteiger partial charge in [0.15, 0.2) is 0 Å². The molecule has 0 amide bonds. The molecule has 1 atom stereocenters. The van der Waals surface area contributed by atoms with E-state index in [1.165, 1.54) is 0 Å². The number of aromatic nitrogens is 4. The van der Waals surface area contributed by atoms with Crippen molar-refractivity contribution in [2.45, 2.75) is 18.7 Å². The van der Waals surface area contributed by atoms with Crippen LogP contribution in [0, 0.1) is 13.8 Å². The maximum absolute atomic E-state index is 12.9. The van der Waals surface area contributed by atoms with E-state index in [1.807, 2.05) is 37.3 Å². The number of benzene rings is 2. The Labute approximate surface area is 170 Å². The van der Waals surface area contributed by atoms with Crippen molar-refractivity contribution < 1.29 is 8.76 Å². The number of imidazole rings is 1. The molecule has 148 valence electrons. The van der Waals surface area contributed by atoms with Crippen LogP contribution in [0.1, 0.15) is 11.4 Å². The summed E-state index contributed by atoms with van der Waals surface area (Å²) in [6, 6.07) is 15.1. The lowest BCUT2D eigenvalue weighted by molar-refractivity contribution is 0.502. The van der Waals surface area contributed by atoms with E-state index in [2.05, 4.69) is 25.9 Å². The molecule has 2 aromatic heterocycles. The number of H-pyrrole nitrogens is 1. The number of rotatable bonds is 5. The Morgan fingerprint density at radius 1 is 1.07 bits per heavy atom. The van der Waals surface area contributed by atoms with Crippen LogP contribution in [0.2, 0.25) is 0 Å². The molecular weight excluding hydrogens is 386 g/mol. The fraction of sp³-hybridized carbons (Fsp3) is 0.143. The summed E-state index contributed by atoms with van der Waals surface area (Å²) in [5.74, 6) is 0. The second-order valence-electron chi connectivity index (χ2n) is 6.87. The first-order chi connectivity index (χ1) is 13.8. The van der Waals surface area contributed by atoms with Gasteiger partial charge in [-0.1, -0.05) is 18.2 Å². The van der Waals surface area contributed by atoms with Crippen molar-refractivity contribution in [2.24, 2.45) is 7.05 Å². The molecule has 0 saturated heterocycles. The maximum Gasteiger partial charge on any atom is 0.346 e. The van der Waals surface area contributed by atoms with Crippen molar-refractivity contribution in [1.29, 1.82) is 0 Å². The van der Waals surface area contributed by atoms with Gasteiger partial charge in [-0.05, 0) is 59.5 Å². The normalized spacial score (nSPS) is 13.2. The van der Waals surface area contributed by atoms with Gasteiger partial charge in [0.05, 0.1) is 29.6 Å². The lowest BCUT2D eigenvalue weighted by Gasteiger charge is -2.09. The zero-order valence-corrected chi connectivity index (χ0v) is 17.2. The molecule has 2 aromatic carbocycles. The Hall–Kier alpha value is -3.23. The van der Waals surface area contributed by atoms with E-state index < -0.39 is 10.4 Å². The second kappa shape index (κ2) is 7.31. The van der Waals surface area contributed by atoms with Crippen LogP contribution in [0.25, 0.3) is 22.4 Å². The first-order valence-electron chi connectivity index (χ1n) is 9.09. The van der Waals surface area contributed by atoms with Crippen molar-refractivity contribution in [2.75, 3.05) is 4.72 Å². The molecule has 1 unspecified atom stereocenters. The fourth-order valence-corrected chi connectivity index (χ4v) is 4.43. The summed E-state index contributed by atoms with van der Waals surface area (Å²) in [6.07, 6.45) is 3.42. The minimum atomic E-state index is -3.45. The highest BCUT2D eigenvalue weighted by Gasteiger charge is 2.31. The summed E-state index contributed by atoms with van der Waals surface area (Å²) in [6.45, 7) is 3.66. The van der Waals surface area contributed by atoms with Gasteiger partial charge in [0.25, 0.3) is 0 Å². The lowest BCUT2D eigenvalue weighted by Crippen LogP contribution is -2.21. The molecule has 3 N–H and O–H groups in total. The molecule has 0 aliphatic rings. The zero-order chi connectivity index (χ0) is 20.6. The number of nitrogens with one attached hydrogen (secondary N) is 2. The van der Waals surface area contributed by atoms with Crippen LogP contribution in [0.3, 0.4) is 0 Å². The molecule has 0 aliphatic heterocycles. The van der Waals surface area contributed by atoms with Gasteiger partial charge in [0, 0.05) is 12.6 Å². The molecule has 29 heavy (non-hydrogen) atoms. The standard InChI is InChI=1S/C21H21N5O2S/c1-14-21(15(2)26(3)24-14)25-29(27,28)19-9-7-16(8-10-19)17-5-4-6-18(11-17)20-12-22-13-23-20/h4-13H,1-3H3,(H2-,22,23,25,27,28)/p+1. The summed E-state index contributed by atoms with van der Waals surface area (Å²) < 4.78 is 28.0. The summed E-state index contributed by atoms with van der Waals surface area (Å²) >= 11 is 0. The number of hydrogen-bond acceptors (Lipinski definition) is 3. The molecule has 0 spiro atoms. The van der Waals surface area contributed by atoms with Crippen molar-refractivity contribution in [3.63, 3.8) is 0 Å². The van der Waals surface area contributed by atoms with E-state index in [4.69, 9.17) is 0 Å². The lowest BCUT2D eigenvalue weighted by atomic mass is 10.0. The van der Waals surface area contributed by atoms with Crippen LogP contribution < -0.4 is 4.72 Å². The minimum Gasteiger partial charge on any atom is -0.345 e. The first kappa shape index (κ1) is 19.1. The highest BCUT2D eigenvalue weighted by atomic mass is 32.3. The average Bonchev–Trinajstić information content (AvgIpc) is 3.33. The van der Waals surface area contributed by atoms with Crippen LogP contribution in [-0.2, 0) is 21.7 Å². The van der Waals surface area contributed by atoms with Crippen LogP contribution in [0.15, 0.2) is 66.0 Å². The van der Waals surface area contributed by atoms with Gasteiger partial charge in [-0.2, -0.15) is 14.4 Å². The van der Waals surface area contributed by atoms with E-state index in [-0.39, 0.29) is 0 Å². The van der Waals surface area contributed by atoms with Crippen LogP contribution >= 0.6 is 0 Å². The van der Waals surface area contributed by atoms with Gasteiger partial charge < -0.3 is 4.98 Å². The summed E-state index contributed by atoms with van der Waals surface area (Å²) in [7, 11) is -1.65. The molecule has 0 saturated carbocycles. The molecule has 8 heteroatoms. The third kappa shape index (κ3) is 3.72. The SMILES string of the molecule is Cc1nn(C)c(C)c1N[S+](=O)(O)c1ccc(-c2cccc(-c3cnc[nH]3)c2)cc1. The van der Waals surface area contributed by atoms with Gasteiger partial charge >= 0.3 is 10.4 Å². The molecule has 0 fully saturated rings. The van der Waals surface area contributed by atoms with E-state index in [0.29, 0.717) is 16.3 Å². The third-order valence-corrected chi connectivity index (χ3v) is 6.32. The monoisotopic (exact) mass is 408 g/mol. The quantitative estimate of drug-likeness (QED) is 0.425. The van der Waals surface area contributed by atoms with E-state index >= 15 is 0 Å². The molecule has 0 radical (unpaired) electrons. The molecule has 4 aromatic rings. The molecule has 2 heterocycles. The van der Waals surface area contributed by atoms with E-state index in [9.17, 15) is 8.76 Å². The summed E-state index contributed by atoms with van der Waals surface area (Å²) in [4.78, 5) is 7.47. The molecular formula is C21H22N5O2S+. The van der Waals surface area contributed by atoms with E-state index in [1.54, 1.807) is 43.3 Å². The van der Waals surface area contributed by atoms with Gasteiger partial charge in [-0.3, -0.25) is 4.68 Å². The van der Waals surface area contributed by atoms with Gasteiger partial charge in [-0.25, -0.2) is 4.98 Å². The Morgan fingerprint density at radius 2 is 1.79 bits per heavy atom. The minimum absolute atomic E-state index is 0.314. The van der Waals surface area contributed by atoms with Crippen molar-refractivity contribution in [3.8, 4) is 22.4 Å². The number of aromatic amines is 1. The summed E-state index contributed by atoms with van der Waals surface area (Å²) in [5.41, 5.74) is 6.00. The Kier molecular flexibility index (Phi) is 4.81. The molecule has 0 aliphatic carbocycles. The van der Waals surface area contributed by atoms with Crippen LogP contribution in [-0.4, -0.2) is 24.3 Å². The van der Waals surface area contributed by atoms with Gasteiger partial charge in [0.1, 0.15) is 5.69 Å². The smallest absolute Gasteiger partial charge is 0.345 e. The van der Waals surface area contributed by atoms with Crippen molar-refractivity contribution in [1.82, 2.24) is 19.7 Å². The molecule has 7 nitrogen and oxygen atoms in total. The maximum atomic E-state index is 12.9. The average molecular weight is 409 g/mol. The fourth-order valence-electron chi connectivity index (χ4n) is 3.23. The predicted octanol–water partition coefficient (Wildman–Crippen LogP) is 4.45. The zero-order valence-electron chi connectivity index (χ0n) is 16.4. The van der Waals surface area contributed by atoms with Crippen LogP contribution in [0.4, 0.5) is 5.69 Å². The number of aryl methyl sites for hydroxylation is 2. The Balaban J connectivity index is 1.61. The number of anilines is 1. The largest absolute Gasteiger partial charge is 0.346 e.